The van der Waals surface area contributed by atoms with E-state index >= 15 is 0 Å². The molecule has 2 aromatic carbocycles. The molecule has 1 atom stereocenters. The third kappa shape index (κ3) is 3.14. The molecule has 0 unspecified atom stereocenters. The monoisotopic (exact) mass is 385 g/mol. The Morgan fingerprint density at radius 2 is 1.67 bits per heavy atom. The van der Waals surface area contributed by atoms with Crippen molar-refractivity contribution in [1.29, 1.82) is 0 Å². The second kappa shape index (κ2) is 7.00. The van der Waals surface area contributed by atoms with E-state index in [1.807, 2.05) is 6.92 Å². The number of carbonyl (C=O) groups excluding carboxylic acids is 2. The lowest BCUT2D eigenvalue weighted by Gasteiger charge is -2.24. The zero-order chi connectivity index (χ0) is 19.7. The molecule has 2 aromatic rings. The molecule has 1 fully saturated rings. The molecule has 0 radical (unpaired) electrons. The number of ether oxygens (including phenoxy) is 1. The number of benzene rings is 2. The molecule has 1 heterocycles. The van der Waals surface area contributed by atoms with Gasteiger partial charge < -0.3 is 4.74 Å². The Morgan fingerprint density at radius 3 is 2.26 bits per heavy atom. The van der Waals surface area contributed by atoms with E-state index in [0.717, 1.165) is 5.56 Å². The molecular formula is C20H19NO5S. The van der Waals surface area contributed by atoms with E-state index in [9.17, 15) is 18.0 Å². The van der Waals surface area contributed by atoms with Gasteiger partial charge in [-0.05, 0) is 26.0 Å². The first-order valence-corrected chi connectivity index (χ1v) is 9.83. The molecular weight excluding hydrogens is 366 g/mol. The van der Waals surface area contributed by atoms with Gasteiger partial charge in [0.2, 0.25) is 5.60 Å². The standard InChI is InChI=1S/C20H19NO5S/c1-3-4-14-20(16-8-6-5-7-9-16)18(22)21(19(23)26-20)27(24,25)17-12-10-15(2)11-13-17/h3-13H,14H2,1-2H3/b4-3-/t20-/m0/s1. The Kier molecular flexibility index (Phi) is 4.89. The maximum Gasteiger partial charge on any atom is 0.432 e. The molecule has 3 rings (SSSR count). The number of aryl methyl sites for hydroxylation is 1. The summed E-state index contributed by atoms with van der Waals surface area (Å²) in [6, 6.07) is 14.4. The number of carbonyl (C=O) groups is 2. The molecule has 0 bridgehead atoms. The van der Waals surface area contributed by atoms with Crippen LogP contribution in [0.1, 0.15) is 24.5 Å². The quantitative estimate of drug-likeness (QED) is 0.736. The highest BCUT2D eigenvalue weighted by Crippen LogP contribution is 2.40. The number of amides is 2. The fraction of sp³-hybridized carbons (Fsp3) is 0.200. The van der Waals surface area contributed by atoms with Crippen molar-refractivity contribution in [1.82, 2.24) is 4.31 Å². The fourth-order valence-corrected chi connectivity index (χ4v) is 4.21. The minimum absolute atomic E-state index is 0.0397. The second-order valence-electron chi connectivity index (χ2n) is 6.22. The number of cyclic esters (lactones) is 1. The van der Waals surface area contributed by atoms with Crippen molar-refractivity contribution in [3.63, 3.8) is 0 Å². The summed E-state index contributed by atoms with van der Waals surface area (Å²) >= 11 is 0. The SMILES string of the molecule is C/C=C\C[C@@]1(c2ccccc2)OC(=O)N(S(=O)(=O)c2ccc(C)cc2)C1=O. The molecule has 7 heteroatoms. The van der Waals surface area contributed by atoms with Gasteiger partial charge in [0, 0.05) is 12.0 Å². The molecule has 140 valence electrons. The summed E-state index contributed by atoms with van der Waals surface area (Å²) < 4.78 is 31.5. The highest BCUT2D eigenvalue weighted by Gasteiger charge is 2.58. The number of hydrogen-bond acceptors (Lipinski definition) is 5. The van der Waals surface area contributed by atoms with Crippen molar-refractivity contribution in [2.24, 2.45) is 0 Å². The Hall–Kier alpha value is -2.93. The van der Waals surface area contributed by atoms with Crippen molar-refractivity contribution in [2.75, 3.05) is 0 Å². The van der Waals surface area contributed by atoms with E-state index < -0.39 is 27.6 Å². The lowest BCUT2D eigenvalue weighted by atomic mass is 9.89. The van der Waals surface area contributed by atoms with Crippen LogP contribution in [0.15, 0.2) is 71.6 Å². The lowest BCUT2D eigenvalue weighted by Crippen LogP contribution is -2.41. The van der Waals surface area contributed by atoms with Crippen molar-refractivity contribution in [3.8, 4) is 0 Å². The van der Waals surface area contributed by atoms with Gasteiger partial charge in [-0.15, -0.1) is 4.31 Å². The summed E-state index contributed by atoms with van der Waals surface area (Å²) in [7, 11) is -4.37. The van der Waals surface area contributed by atoms with Crippen LogP contribution in [0, 0.1) is 6.92 Å². The molecule has 0 saturated carbocycles. The largest absolute Gasteiger partial charge is 0.432 e. The van der Waals surface area contributed by atoms with E-state index in [1.165, 1.54) is 12.1 Å². The van der Waals surface area contributed by atoms with Gasteiger partial charge in [0.1, 0.15) is 0 Å². The van der Waals surface area contributed by atoms with E-state index in [0.29, 0.717) is 5.56 Å². The maximum atomic E-state index is 13.2. The van der Waals surface area contributed by atoms with Gasteiger partial charge in [-0.2, -0.15) is 0 Å². The van der Waals surface area contributed by atoms with Crippen LogP contribution in [-0.4, -0.2) is 24.7 Å². The molecule has 6 nitrogen and oxygen atoms in total. The van der Waals surface area contributed by atoms with E-state index in [-0.39, 0.29) is 15.6 Å². The third-order valence-electron chi connectivity index (χ3n) is 4.40. The first kappa shape index (κ1) is 18.8. The average Bonchev–Trinajstić information content (AvgIpc) is 2.92. The Labute approximate surface area is 158 Å². The molecule has 1 saturated heterocycles. The number of allylic oxidation sites excluding steroid dienone is 1. The molecule has 0 N–H and O–H groups in total. The fourth-order valence-electron chi connectivity index (χ4n) is 2.92. The summed E-state index contributed by atoms with van der Waals surface area (Å²) in [4.78, 5) is 25.6. The van der Waals surface area contributed by atoms with Crippen molar-refractivity contribution in [3.05, 3.63) is 77.9 Å². The maximum absolute atomic E-state index is 13.2. The van der Waals surface area contributed by atoms with Crippen molar-refractivity contribution < 1.29 is 22.7 Å². The molecule has 0 aromatic heterocycles. The summed E-state index contributed by atoms with van der Waals surface area (Å²) in [6.07, 6.45) is 2.22. The van der Waals surface area contributed by atoms with Gasteiger partial charge in [0.05, 0.1) is 4.90 Å². The van der Waals surface area contributed by atoms with E-state index in [1.54, 1.807) is 61.5 Å². The highest BCUT2D eigenvalue weighted by atomic mass is 32.2. The molecule has 2 amide bonds. The number of nitrogens with zero attached hydrogens (tertiary/aromatic N) is 1. The van der Waals surface area contributed by atoms with Crippen molar-refractivity contribution in [2.45, 2.75) is 30.8 Å². The summed E-state index contributed by atoms with van der Waals surface area (Å²) in [5.74, 6) is -0.919. The van der Waals surface area contributed by atoms with Crippen LogP contribution in [0.2, 0.25) is 0 Å². The Balaban J connectivity index is 2.10. The molecule has 1 aliphatic rings. The summed E-state index contributed by atoms with van der Waals surface area (Å²) in [6.45, 7) is 3.57. The number of rotatable bonds is 5. The zero-order valence-corrected chi connectivity index (χ0v) is 15.8. The normalized spacial score (nSPS) is 20.3. The molecule has 1 aliphatic heterocycles. The molecule has 0 spiro atoms. The van der Waals surface area contributed by atoms with Gasteiger partial charge in [-0.1, -0.05) is 60.2 Å². The van der Waals surface area contributed by atoms with Crippen LogP contribution >= 0.6 is 0 Å². The average molecular weight is 385 g/mol. The smallest absolute Gasteiger partial charge is 0.426 e. The number of hydrogen-bond donors (Lipinski definition) is 0. The molecule has 0 aliphatic carbocycles. The van der Waals surface area contributed by atoms with Gasteiger partial charge in [0.15, 0.2) is 0 Å². The van der Waals surface area contributed by atoms with E-state index in [4.69, 9.17) is 4.74 Å². The van der Waals surface area contributed by atoms with Crippen LogP contribution in [-0.2, 0) is 25.2 Å². The summed E-state index contributed by atoms with van der Waals surface area (Å²) in [5.41, 5.74) is -0.429. The predicted octanol–water partition coefficient (Wildman–Crippen LogP) is 3.52. The zero-order valence-electron chi connectivity index (χ0n) is 15.0. The van der Waals surface area contributed by atoms with Crippen LogP contribution < -0.4 is 0 Å². The second-order valence-corrected chi connectivity index (χ2v) is 8.01. The Bertz CT molecular complexity index is 996. The number of sulfonamides is 1. The topological polar surface area (TPSA) is 80.8 Å². The van der Waals surface area contributed by atoms with Gasteiger partial charge in [-0.3, -0.25) is 4.79 Å². The van der Waals surface area contributed by atoms with Crippen LogP contribution in [0.5, 0.6) is 0 Å². The first-order chi connectivity index (χ1) is 12.8. The van der Waals surface area contributed by atoms with Gasteiger partial charge in [0.25, 0.3) is 15.9 Å². The Morgan fingerprint density at radius 1 is 1.04 bits per heavy atom. The van der Waals surface area contributed by atoms with Crippen molar-refractivity contribution >= 4 is 22.0 Å². The molecule has 27 heavy (non-hydrogen) atoms. The van der Waals surface area contributed by atoms with E-state index in [2.05, 4.69) is 0 Å². The van der Waals surface area contributed by atoms with Gasteiger partial charge >= 0.3 is 6.09 Å². The summed E-state index contributed by atoms with van der Waals surface area (Å²) in [5, 5.41) is 0. The van der Waals surface area contributed by atoms with Gasteiger partial charge in [-0.25, -0.2) is 13.2 Å². The lowest BCUT2D eigenvalue weighted by molar-refractivity contribution is -0.134. The first-order valence-electron chi connectivity index (χ1n) is 8.39. The van der Waals surface area contributed by atoms with Crippen LogP contribution in [0.25, 0.3) is 0 Å². The predicted molar refractivity (Wildman–Crippen MR) is 99.2 cm³/mol. The highest BCUT2D eigenvalue weighted by molar-refractivity contribution is 7.90. The third-order valence-corrected chi connectivity index (χ3v) is 6.06. The minimum Gasteiger partial charge on any atom is -0.426 e. The number of imide groups is 1. The van der Waals surface area contributed by atoms with Crippen LogP contribution in [0.4, 0.5) is 4.79 Å². The minimum atomic E-state index is -4.37. The van der Waals surface area contributed by atoms with Crippen LogP contribution in [0.3, 0.4) is 0 Å².